The Morgan fingerprint density at radius 2 is 1.42 bits per heavy atom. The molecule has 4 nitrogen and oxygen atoms in total. The molecular weight excluding hydrogens is 255 g/mol. The average Bonchev–Trinajstić information content (AvgIpc) is 2.40. The summed E-state index contributed by atoms with van der Waals surface area (Å²) >= 11 is 0.618. The predicted molar refractivity (Wildman–Crippen MR) is 71.6 cm³/mol. The number of hydrogen-bond donors (Lipinski definition) is 2. The third-order valence-electron chi connectivity index (χ3n) is 2.31. The van der Waals surface area contributed by atoms with Gasteiger partial charge in [0.2, 0.25) is 0 Å². The Labute approximate surface area is 128 Å². The van der Waals surface area contributed by atoms with Crippen LogP contribution in [0.25, 0.3) is 0 Å². The van der Waals surface area contributed by atoms with E-state index in [1.54, 1.807) is 12.1 Å². The van der Waals surface area contributed by atoms with Crippen LogP contribution in [0.1, 0.15) is 20.7 Å². The van der Waals surface area contributed by atoms with Crippen molar-refractivity contribution in [3.05, 3.63) is 65.7 Å². The number of carbonyl (C=O) groups excluding carboxylic acids is 1. The van der Waals surface area contributed by atoms with Crippen molar-refractivity contribution in [2.75, 3.05) is 0 Å². The molecule has 19 heavy (non-hydrogen) atoms. The molecule has 0 spiro atoms. The van der Waals surface area contributed by atoms with Crippen LogP contribution in [0.3, 0.4) is 0 Å². The van der Waals surface area contributed by atoms with Gasteiger partial charge in [0.15, 0.2) is 0 Å². The number of aromatic carboxylic acids is 1. The minimum atomic E-state index is -1.11. The van der Waals surface area contributed by atoms with Crippen LogP contribution in [-0.2, 0) is 0 Å². The summed E-state index contributed by atoms with van der Waals surface area (Å²) in [4.78, 5) is 21.0. The minimum absolute atomic E-state index is 0.0671. The Morgan fingerprint density at radius 3 is 1.79 bits per heavy atom. The van der Waals surface area contributed by atoms with Crippen LogP contribution < -0.4 is 0 Å². The Bertz CT molecular complexity index is 567. The van der Waals surface area contributed by atoms with Crippen LogP contribution in [-0.4, -0.2) is 47.1 Å². The maximum atomic E-state index is 10.7. The molecule has 0 aliphatic rings. The summed E-state index contributed by atoms with van der Waals surface area (Å²) in [6.07, 6.45) is 0. The second-order valence-electron chi connectivity index (χ2n) is 3.74. The van der Waals surface area contributed by atoms with Crippen molar-refractivity contribution in [3.8, 4) is 5.75 Å². The Kier molecular flexibility index (Phi) is 6.29. The van der Waals surface area contributed by atoms with Gasteiger partial charge in [0.25, 0.3) is 0 Å². The molecule has 0 unspecified atom stereocenters. The van der Waals surface area contributed by atoms with E-state index in [0.29, 0.717) is 27.9 Å². The molecule has 0 amide bonds. The summed E-state index contributed by atoms with van der Waals surface area (Å²) in [5.41, 5.74) is 0.770. The molecule has 0 bridgehead atoms. The van der Waals surface area contributed by atoms with Gasteiger partial charge in [-0.3, -0.25) is 0 Å². The standard InChI is InChI=1S/C7H6O3.C7H5O.Na/c8-6-4-2-1-3-5(6)7(9)10;8-6-7-4-2-1-3-5-7;/h1-4,8H,(H,9,10);1-5H;. The number of carboxylic acids is 1. The Morgan fingerprint density at radius 1 is 0.895 bits per heavy atom. The number of hydrogen-bond acceptors (Lipinski definition) is 3. The first-order chi connectivity index (χ1) is 9.02. The van der Waals surface area contributed by atoms with Gasteiger partial charge in [-0.25, -0.2) is 4.79 Å². The number of para-hydroxylation sites is 1. The Hall–Kier alpha value is -1.62. The van der Waals surface area contributed by atoms with Crippen molar-refractivity contribution in [2.24, 2.45) is 0 Å². The zero-order valence-corrected chi connectivity index (χ0v) is 12.4. The zero-order valence-electron chi connectivity index (χ0n) is 10.4. The number of benzene rings is 2. The number of aromatic hydroxyl groups is 1. The molecule has 5 heteroatoms. The molecule has 0 saturated carbocycles. The van der Waals surface area contributed by atoms with Gasteiger partial charge in [-0.05, 0) is 12.1 Å². The summed E-state index contributed by atoms with van der Waals surface area (Å²) in [7, 11) is 0. The van der Waals surface area contributed by atoms with Gasteiger partial charge < -0.3 is 10.2 Å². The molecular formula is C14H11NaO4. The van der Waals surface area contributed by atoms with Gasteiger partial charge in [-0.1, -0.05) is 12.1 Å². The quantitative estimate of drug-likeness (QED) is 0.816. The monoisotopic (exact) mass is 266 g/mol. The fourth-order valence-electron chi connectivity index (χ4n) is 1.33. The molecule has 2 rings (SSSR count). The van der Waals surface area contributed by atoms with Gasteiger partial charge in [-0.2, -0.15) is 0 Å². The summed E-state index contributed by atoms with van der Waals surface area (Å²) in [5, 5.41) is 17.3. The van der Waals surface area contributed by atoms with E-state index in [1.165, 1.54) is 12.1 Å². The van der Waals surface area contributed by atoms with Crippen LogP contribution in [0.4, 0.5) is 0 Å². The van der Waals surface area contributed by atoms with E-state index in [-0.39, 0.29) is 14.3 Å². The fourth-order valence-corrected chi connectivity index (χ4v) is 1.66. The molecule has 0 aliphatic heterocycles. The molecule has 2 aromatic carbocycles. The third kappa shape index (κ3) is 5.26. The summed E-state index contributed by atoms with van der Waals surface area (Å²) in [6, 6.07) is 15.2. The number of carboxylic acid groups (broad SMARTS) is 1. The van der Waals surface area contributed by atoms with E-state index >= 15 is 0 Å². The zero-order chi connectivity index (χ0) is 14.3. The van der Waals surface area contributed by atoms with E-state index < -0.39 is 5.97 Å². The van der Waals surface area contributed by atoms with Gasteiger partial charge in [0.1, 0.15) is 11.3 Å². The fraction of sp³-hybridized carbons (Fsp3) is 0. The first-order valence-corrected chi connectivity index (χ1v) is 6.59. The first kappa shape index (κ1) is 15.4. The second-order valence-corrected chi connectivity index (χ2v) is 4.65. The molecule has 92 valence electrons. The van der Waals surface area contributed by atoms with Crippen LogP contribution in [0.5, 0.6) is 5.75 Å². The summed E-state index contributed by atoms with van der Waals surface area (Å²) in [5.74, 6) is -1.31. The molecule has 0 saturated heterocycles. The topological polar surface area (TPSA) is 74.6 Å². The van der Waals surface area contributed by atoms with E-state index in [1.807, 2.05) is 30.3 Å². The first-order valence-electron chi connectivity index (χ1n) is 5.59. The van der Waals surface area contributed by atoms with Crippen LogP contribution >= 0.6 is 0 Å². The molecule has 0 aliphatic carbocycles. The molecule has 2 aromatic rings. The van der Waals surface area contributed by atoms with Gasteiger partial charge >= 0.3 is 77.6 Å². The van der Waals surface area contributed by atoms with Gasteiger partial charge in [0, 0.05) is 0 Å². The van der Waals surface area contributed by atoms with Crippen LogP contribution in [0.2, 0.25) is 0 Å². The van der Waals surface area contributed by atoms with Crippen molar-refractivity contribution in [1.29, 1.82) is 0 Å². The van der Waals surface area contributed by atoms with Crippen molar-refractivity contribution < 1.29 is 19.8 Å². The van der Waals surface area contributed by atoms with Gasteiger partial charge in [0.05, 0.1) is 0 Å². The molecule has 0 aromatic heterocycles. The molecule has 0 heterocycles. The van der Waals surface area contributed by atoms with Crippen molar-refractivity contribution in [3.63, 3.8) is 0 Å². The maximum absolute atomic E-state index is 10.7. The van der Waals surface area contributed by atoms with Crippen molar-refractivity contribution in [2.45, 2.75) is 0 Å². The van der Waals surface area contributed by atoms with Crippen molar-refractivity contribution >= 4 is 36.9 Å². The normalized spacial score (nSPS) is 9.16. The Balaban J connectivity index is 0.000000191. The SMILES string of the molecule is O=C(O)c1ccccc1O.O=[C]([Na])c1ccccc1. The summed E-state index contributed by atoms with van der Waals surface area (Å²) in [6.45, 7) is 0. The van der Waals surface area contributed by atoms with Crippen LogP contribution in [0.15, 0.2) is 54.6 Å². The van der Waals surface area contributed by atoms with E-state index in [2.05, 4.69) is 0 Å². The molecule has 2 N–H and O–H groups in total. The van der Waals surface area contributed by atoms with E-state index in [9.17, 15) is 9.59 Å². The molecule has 0 radical (unpaired) electrons. The van der Waals surface area contributed by atoms with E-state index in [4.69, 9.17) is 10.2 Å². The van der Waals surface area contributed by atoms with Crippen LogP contribution in [0, 0.1) is 0 Å². The number of carbonyl (C=O) groups is 2. The predicted octanol–water partition coefficient (Wildman–Crippen LogP) is 2.09. The molecule has 0 atom stereocenters. The average molecular weight is 266 g/mol. The third-order valence-corrected chi connectivity index (χ3v) is 2.89. The number of phenols is 1. The van der Waals surface area contributed by atoms with Crippen molar-refractivity contribution in [1.82, 2.24) is 0 Å². The second kappa shape index (κ2) is 7.74. The van der Waals surface area contributed by atoms with E-state index in [0.717, 1.165) is 5.56 Å². The van der Waals surface area contributed by atoms with Gasteiger partial charge in [-0.15, -0.1) is 0 Å². The number of rotatable bonds is 2. The summed E-state index contributed by atoms with van der Waals surface area (Å²) < 4.78 is 0.260. The molecule has 0 fully saturated rings.